The molecule has 0 aliphatic heterocycles. The lowest BCUT2D eigenvalue weighted by atomic mass is 10.2. The Balaban J connectivity index is 2.40. The van der Waals surface area contributed by atoms with Gasteiger partial charge in [-0.05, 0) is 36.8 Å². The average Bonchev–Trinajstić information content (AvgIpc) is 2.42. The molecular formula is C15H17NO3. The molecule has 2 aromatic carbocycles. The fraction of sp³-hybridized carbons (Fsp3) is 0.200. The van der Waals surface area contributed by atoms with E-state index in [0.29, 0.717) is 28.7 Å². The van der Waals surface area contributed by atoms with Crippen LogP contribution in [0.2, 0.25) is 0 Å². The van der Waals surface area contributed by atoms with Crippen molar-refractivity contribution in [2.24, 2.45) is 0 Å². The first-order chi connectivity index (χ1) is 9.15. The molecule has 0 saturated heterocycles. The van der Waals surface area contributed by atoms with E-state index in [1.165, 1.54) is 0 Å². The molecule has 0 bridgehead atoms. The zero-order valence-electron chi connectivity index (χ0n) is 11.3. The lowest BCUT2D eigenvalue weighted by Gasteiger charge is -2.14. The van der Waals surface area contributed by atoms with Crippen molar-refractivity contribution in [2.75, 3.05) is 20.0 Å². The number of nitrogen functional groups attached to an aromatic ring is 1. The molecule has 0 heterocycles. The number of aryl methyl sites for hydroxylation is 1. The molecule has 2 aromatic rings. The number of nitrogens with two attached hydrogens (primary N) is 1. The summed E-state index contributed by atoms with van der Waals surface area (Å²) >= 11 is 0. The van der Waals surface area contributed by atoms with Crippen molar-refractivity contribution in [1.82, 2.24) is 0 Å². The minimum Gasteiger partial charge on any atom is -0.493 e. The summed E-state index contributed by atoms with van der Waals surface area (Å²) in [6, 6.07) is 11.1. The predicted molar refractivity (Wildman–Crippen MR) is 75.2 cm³/mol. The van der Waals surface area contributed by atoms with Crippen molar-refractivity contribution in [3.8, 4) is 23.0 Å². The number of ether oxygens (including phenoxy) is 3. The minimum absolute atomic E-state index is 0.547. The molecule has 100 valence electrons. The summed E-state index contributed by atoms with van der Waals surface area (Å²) in [5.74, 6) is 2.34. The van der Waals surface area contributed by atoms with Crippen molar-refractivity contribution in [2.45, 2.75) is 6.92 Å². The molecule has 2 N–H and O–H groups in total. The molecule has 0 unspecified atom stereocenters. The molecule has 4 heteroatoms. The SMILES string of the molecule is COc1cccc(Oc2cc(C)ccc2N)c1OC. The number of methoxy groups -OCH3 is 2. The molecule has 4 nitrogen and oxygen atoms in total. The Morgan fingerprint density at radius 3 is 2.32 bits per heavy atom. The lowest BCUT2D eigenvalue weighted by molar-refractivity contribution is 0.336. The van der Waals surface area contributed by atoms with Crippen LogP contribution in [0.5, 0.6) is 23.0 Å². The van der Waals surface area contributed by atoms with Crippen molar-refractivity contribution in [1.29, 1.82) is 0 Å². The molecule has 0 saturated carbocycles. The Morgan fingerprint density at radius 1 is 0.895 bits per heavy atom. The Hall–Kier alpha value is -2.36. The van der Waals surface area contributed by atoms with E-state index in [-0.39, 0.29) is 0 Å². The van der Waals surface area contributed by atoms with Gasteiger partial charge in [-0.1, -0.05) is 12.1 Å². The third-order valence-corrected chi connectivity index (χ3v) is 2.76. The van der Waals surface area contributed by atoms with Gasteiger partial charge in [0.1, 0.15) is 0 Å². The maximum absolute atomic E-state index is 5.90. The largest absolute Gasteiger partial charge is 0.493 e. The van der Waals surface area contributed by atoms with Crippen LogP contribution in [0.25, 0.3) is 0 Å². The predicted octanol–water partition coefficient (Wildman–Crippen LogP) is 3.39. The summed E-state index contributed by atoms with van der Waals surface area (Å²) in [5, 5.41) is 0. The number of anilines is 1. The molecule has 19 heavy (non-hydrogen) atoms. The first-order valence-corrected chi connectivity index (χ1v) is 5.90. The Bertz CT molecular complexity index is 582. The normalized spacial score (nSPS) is 10.1. The fourth-order valence-electron chi connectivity index (χ4n) is 1.79. The molecule has 0 amide bonds. The van der Waals surface area contributed by atoms with Crippen LogP contribution in [0, 0.1) is 6.92 Å². The number of hydrogen-bond acceptors (Lipinski definition) is 4. The van der Waals surface area contributed by atoms with Crippen LogP contribution < -0.4 is 19.9 Å². The van der Waals surface area contributed by atoms with Crippen molar-refractivity contribution in [3.63, 3.8) is 0 Å². The van der Waals surface area contributed by atoms with Gasteiger partial charge in [0.2, 0.25) is 5.75 Å². The zero-order chi connectivity index (χ0) is 13.8. The summed E-state index contributed by atoms with van der Waals surface area (Å²) < 4.78 is 16.4. The number of para-hydroxylation sites is 1. The maximum Gasteiger partial charge on any atom is 0.203 e. The molecule has 0 aliphatic rings. The molecule has 0 fully saturated rings. The number of benzene rings is 2. The molecule has 2 rings (SSSR count). The second kappa shape index (κ2) is 5.52. The van der Waals surface area contributed by atoms with Crippen molar-refractivity contribution >= 4 is 5.69 Å². The van der Waals surface area contributed by atoms with Gasteiger partial charge < -0.3 is 19.9 Å². The Kier molecular flexibility index (Phi) is 3.80. The summed E-state index contributed by atoms with van der Waals surface area (Å²) in [6.07, 6.45) is 0. The van der Waals surface area contributed by atoms with Gasteiger partial charge in [-0.25, -0.2) is 0 Å². The molecule has 0 atom stereocenters. The maximum atomic E-state index is 5.90. The second-order valence-electron chi connectivity index (χ2n) is 4.13. The lowest BCUT2D eigenvalue weighted by Crippen LogP contribution is -1.96. The summed E-state index contributed by atoms with van der Waals surface area (Å²) in [7, 11) is 3.16. The summed E-state index contributed by atoms with van der Waals surface area (Å²) in [6.45, 7) is 1.98. The van der Waals surface area contributed by atoms with Crippen LogP contribution in [0.1, 0.15) is 5.56 Å². The third kappa shape index (κ3) is 2.73. The van der Waals surface area contributed by atoms with E-state index in [2.05, 4.69) is 0 Å². The molecular weight excluding hydrogens is 242 g/mol. The highest BCUT2D eigenvalue weighted by Gasteiger charge is 2.12. The van der Waals surface area contributed by atoms with Crippen molar-refractivity contribution < 1.29 is 14.2 Å². The van der Waals surface area contributed by atoms with Crippen molar-refractivity contribution in [3.05, 3.63) is 42.0 Å². The van der Waals surface area contributed by atoms with Crippen LogP contribution in [0.4, 0.5) is 5.69 Å². The van der Waals surface area contributed by atoms with Crippen LogP contribution >= 0.6 is 0 Å². The van der Waals surface area contributed by atoms with Crippen LogP contribution in [-0.4, -0.2) is 14.2 Å². The summed E-state index contributed by atoms with van der Waals surface area (Å²) in [5.41, 5.74) is 7.56. The summed E-state index contributed by atoms with van der Waals surface area (Å²) in [4.78, 5) is 0. The van der Waals surface area contributed by atoms with Gasteiger partial charge in [0, 0.05) is 0 Å². The second-order valence-corrected chi connectivity index (χ2v) is 4.13. The standard InChI is InChI=1S/C15H17NO3/c1-10-7-8-11(16)14(9-10)19-13-6-4-5-12(17-2)15(13)18-3/h4-9H,16H2,1-3H3. The molecule has 0 aromatic heterocycles. The Labute approximate surface area is 112 Å². The topological polar surface area (TPSA) is 53.7 Å². The monoisotopic (exact) mass is 259 g/mol. The molecule has 0 aliphatic carbocycles. The average molecular weight is 259 g/mol. The Morgan fingerprint density at radius 2 is 1.63 bits per heavy atom. The van der Waals surface area contributed by atoms with E-state index in [4.69, 9.17) is 19.9 Å². The van der Waals surface area contributed by atoms with E-state index < -0.39 is 0 Å². The van der Waals surface area contributed by atoms with Gasteiger partial charge in [-0.15, -0.1) is 0 Å². The highest BCUT2D eigenvalue weighted by Crippen LogP contribution is 2.40. The number of rotatable bonds is 4. The fourth-order valence-corrected chi connectivity index (χ4v) is 1.79. The van der Waals surface area contributed by atoms with Gasteiger partial charge in [-0.3, -0.25) is 0 Å². The quantitative estimate of drug-likeness (QED) is 0.855. The van der Waals surface area contributed by atoms with Crippen LogP contribution in [0.15, 0.2) is 36.4 Å². The van der Waals surface area contributed by atoms with Crippen LogP contribution in [0.3, 0.4) is 0 Å². The minimum atomic E-state index is 0.547. The smallest absolute Gasteiger partial charge is 0.203 e. The van der Waals surface area contributed by atoms with Gasteiger partial charge in [0.25, 0.3) is 0 Å². The van der Waals surface area contributed by atoms with E-state index in [9.17, 15) is 0 Å². The van der Waals surface area contributed by atoms with Gasteiger partial charge in [0.05, 0.1) is 19.9 Å². The third-order valence-electron chi connectivity index (χ3n) is 2.76. The molecule has 0 spiro atoms. The van der Waals surface area contributed by atoms with E-state index in [0.717, 1.165) is 5.56 Å². The zero-order valence-corrected chi connectivity index (χ0v) is 11.3. The highest BCUT2D eigenvalue weighted by molar-refractivity contribution is 5.58. The van der Waals surface area contributed by atoms with Gasteiger partial charge in [-0.2, -0.15) is 0 Å². The van der Waals surface area contributed by atoms with E-state index in [1.54, 1.807) is 14.2 Å². The van der Waals surface area contributed by atoms with Gasteiger partial charge >= 0.3 is 0 Å². The van der Waals surface area contributed by atoms with E-state index >= 15 is 0 Å². The first kappa shape index (κ1) is 13.1. The number of hydrogen-bond donors (Lipinski definition) is 1. The van der Waals surface area contributed by atoms with Gasteiger partial charge in [0.15, 0.2) is 17.2 Å². The van der Waals surface area contributed by atoms with E-state index in [1.807, 2.05) is 43.3 Å². The highest BCUT2D eigenvalue weighted by atomic mass is 16.5. The first-order valence-electron chi connectivity index (χ1n) is 5.90. The van der Waals surface area contributed by atoms with Crippen LogP contribution in [-0.2, 0) is 0 Å². The molecule has 0 radical (unpaired) electrons.